The second kappa shape index (κ2) is 9.91. The Labute approximate surface area is 220 Å². The van der Waals surface area contributed by atoms with E-state index in [4.69, 9.17) is 13.9 Å². The van der Waals surface area contributed by atoms with E-state index in [9.17, 15) is 27.9 Å². The maximum Gasteiger partial charge on any atom is 0.416 e. The number of anilines is 2. The molecule has 2 atom stereocenters. The molecule has 0 amide bonds. The summed E-state index contributed by atoms with van der Waals surface area (Å²) in [6.07, 6.45) is -4.39. The number of benzene rings is 2. The molecular weight excluding hydrogens is 517 g/mol. The van der Waals surface area contributed by atoms with Crippen molar-refractivity contribution in [2.24, 2.45) is 0 Å². The minimum absolute atomic E-state index is 0.00154. The van der Waals surface area contributed by atoms with Crippen LogP contribution in [-0.2, 0) is 15.7 Å². The summed E-state index contributed by atoms with van der Waals surface area (Å²) in [6.45, 7) is 0. The molecule has 2 aromatic heterocycles. The van der Waals surface area contributed by atoms with Crippen LogP contribution in [0.3, 0.4) is 0 Å². The molecule has 3 heterocycles. The standard InChI is InChI=1S/C28H21F3N2O6/c1-37-26(35)20-22-24(39-25(20)27(36)38-2)18-8-4-3-7-17(18)23(34)21(19-9-5-6-14-32-19)33(22)16-12-10-15(11-13-16)28(29,30)31/h3-14,21,23,34H,1-2H3/t21-,23-/m1/s1. The summed E-state index contributed by atoms with van der Waals surface area (Å²) in [5.74, 6) is -2.37. The monoisotopic (exact) mass is 538 g/mol. The van der Waals surface area contributed by atoms with Crippen molar-refractivity contribution in [1.82, 2.24) is 4.98 Å². The minimum atomic E-state index is -4.59. The van der Waals surface area contributed by atoms with E-state index in [0.29, 0.717) is 16.8 Å². The first-order valence-corrected chi connectivity index (χ1v) is 11.7. The van der Waals surface area contributed by atoms with Crippen LogP contribution in [0.25, 0.3) is 11.3 Å². The molecule has 0 bridgehead atoms. The Hall–Kier alpha value is -4.64. The highest BCUT2D eigenvalue weighted by atomic mass is 19.4. The topological polar surface area (TPSA) is 102 Å². The molecule has 4 aromatic rings. The van der Waals surface area contributed by atoms with Gasteiger partial charge in [-0.05, 0) is 42.0 Å². The van der Waals surface area contributed by atoms with Gasteiger partial charge in [0, 0.05) is 17.4 Å². The number of methoxy groups -OCH3 is 2. The predicted molar refractivity (Wildman–Crippen MR) is 132 cm³/mol. The normalized spacial score (nSPS) is 16.6. The number of esters is 2. The number of carbonyl (C=O) groups is 2. The van der Waals surface area contributed by atoms with Gasteiger partial charge in [-0.3, -0.25) is 4.98 Å². The van der Waals surface area contributed by atoms with Crippen LogP contribution >= 0.6 is 0 Å². The zero-order chi connectivity index (χ0) is 27.9. The van der Waals surface area contributed by atoms with Crippen molar-refractivity contribution < 1.29 is 41.8 Å². The van der Waals surface area contributed by atoms with Crippen LogP contribution < -0.4 is 4.90 Å². The van der Waals surface area contributed by atoms with Crippen molar-refractivity contribution in [3.63, 3.8) is 0 Å². The first-order valence-electron chi connectivity index (χ1n) is 11.7. The van der Waals surface area contributed by atoms with Crippen molar-refractivity contribution in [2.45, 2.75) is 18.3 Å². The summed E-state index contributed by atoms with van der Waals surface area (Å²) >= 11 is 0. The second-order valence-corrected chi connectivity index (χ2v) is 8.61. The second-order valence-electron chi connectivity index (χ2n) is 8.61. The van der Waals surface area contributed by atoms with Gasteiger partial charge in [0.05, 0.1) is 25.5 Å². The number of alkyl halides is 3. The van der Waals surface area contributed by atoms with E-state index in [1.54, 1.807) is 42.5 Å². The third-order valence-electron chi connectivity index (χ3n) is 6.45. The number of nitrogens with zero attached hydrogens (tertiary/aromatic N) is 2. The molecule has 0 saturated heterocycles. The molecule has 5 rings (SSSR count). The van der Waals surface area contributed by atoms with Crippen LogP contribution in [-0.4, -0.2) is 36.2 Å². The average molecular weight is 538 g/mol. The zero-order valence-electron chi connectivity index (χ0n) is 20.6. The Kier molecular flexibility index (Phi) is 6.61. The summed E-state index contributed by atoms with van der Waals surface area (Å²) in [4.78, 5) is 31.8. The van der Waals surface area contributed by atoms with E-state index < -0.39 is 41.6 Å². The fraction of sp³-hybridized carbons (Fsp3) is 0.179. The fourth-order valence-corrected chi connectivity index (χ4v) is 4.72. The lowest BCUT2D eigenvalue weighted by Crippen LogP contribution is -2.30. The SMILES string of the molecule is COC(=O)c1oc2c(c1C(=O)OC)N(c1ccc(C(F)(F)F)cc1)[C@H](c1ccccn1)[C@H](O)c1ccccc1-2. The van der Waals surface area contributed by atoms with E-state index in [1.807, 2.05) is 0 Å². The average Bonchev–Trinajstić information content (AvgIpc) is 3.30. The van der Waals surface area contributed by atoms with Crippen molar-refractivity contribution in [2.75, 3.05) is 19.1 Å². The van der Waals surface area contributed by atoms with Gasteiger partial charge in [-0.2, -0.15) is 13.2 Å². The van der Waals surface area contributed by atoms with Gasteiger partial charge in [0.25, 0.3) is 0 Å². The summed E-state index contributed by atoms with van der Waals surface area (Å²) in [5, 5.41) is 11.8. The number of rotatable bonds is 4. The summed E-state index contributed by atoms with van der Waals surface area (Å²) in [5.41, 5.74) is 0.0280. The molecule has 8 nitrogen and oxygen atoms in total. The Morgan fingerprint density at radius 2 is 1.62 bits per heavy atom. The number of aromatic nitrogens is 1. The molecule has 1 N–H and O–H groups in total. The first kappa shape index (κ1) is 26.0. The van der Waals surface area contributed by atoms with Crippen LogP contribution in [0.1, 0.15) is 49.9 Å². The van der Waals surface area contributed by atoms with Crippen LogP contribution in [0.15, 0.2) is 77.3 Å². The molecule has 1 aliphatic heterocycles. The van der Waals surface area contributed by atoms with E-state index in [0.717, 1.165) is 26.4 Å². The van der Waals surface area contributed by atoms with E-state index in [1.165, 1.54) is 23.2 Å². The molecule has 0 radical (unpaired) electrons. The highest BCUT2D eigenvalue weighted by molar-refractivity contribution is 6.09. The number of pyridine rings is 1. The van der Waals surface area contributed by atoms with Crippen molar-refractivity contribution >= 4 is 23.3 Å². The zero-order valence-corrected chi connectivity index (χ0v) is 20.6. The number of aliphatic hydroxyl groups excluding tert-OH is 1. The van der Waals surface area contributed by atoms with Gasteiger partial charge in [0.1, 0.15) is 23.4 Å². The molecule has 200 valence electrons. The number of hydrogen-bond donors (Lipinski definition) is 1. The minimum Gasteiger partial charge on any atom is -0.465 e. The van der Waals surface area contributed by atoms with Gasteiger partial charge in [0.15, 0.2) is 5.76 Å². The molecule has 0 aliphatic carbocycles. The van der Waals surface area contributed by atoms with E-state index in [-0.39, 0.29) is 22.7 Å². The Balaban J connectivity index is 1.90. The molecule has 0 saturated carbocycles. The van der Waals surface area contributed by atoms with Gasteiger partial charge in [0.2, 0.25) is 5.76 Å². The van der Waals surface area contributed by atoms with Crippen molar-refractivity contribution in [3.05, 3.63) is 101 Å². The molecule has 0 spiro atoms. The number of hydrogen-bond acceptors (Lipinski definition) is 8. The molecule has 11 heteroatoms. The molecule has 39 heavy (non-hydrogen) atoms. The van der Waals surface area contributed by atoms with Gasteiger partial charge in [-0.25, -0.2) is 9.59 Å². The Bertz CT molecular complexity index is 1530. The van der Waals surface area contributed by atoms with Crippen LogP contribution in [0, 0.1) is 0 Å². The number of aliphatic hydroxyl groups is 1. The number of fused-ring (bicyclic) bond motifs is 3. The van der Waals surface area contributed by atoms with Gasteiger partial charge < -0.3 is 23.9 Å². The van der Waals surface area contributed by atoms with Gasteiger partial charge >= 0.3 is 18.1 Å². The lowest BCUT2D eigenvalue weighted by atomic mass is 9.95. The van der Waals surface area contributed by atoms with Gasteiger partial charge in [-0.1, -0.05) is 30.3 Å². The van der Waals surface area contributed by atoms with E-state index in [2.05, 4.69) is 4.98 Å². The number of furan rings is 1. The molecular formula is C28H21F3N2O6. The van der Waals surface area contributed by atoms with Crippen molar-refractivity contribution in [1.29, 1.82) is 0 Å². The quantitative estimate of drug-likeness (QED) is 0.323. The maximum atomic E-state index is 13.4. The van der Waals surface area contributed by atoms with Crippen molar-refractivity contribution in [3.8, 4) is 11.3 Å². The number of halogens is 3. The third kappa shape index (κ3) is 4.40. The summed E-state index contributed by atoms with van der Waals surface area (Å²) < 4.78 is 56.0. The smallest absolute Gasteiger partial charge is 0.416 e. The number of ether oxygens (including phenoxy) is 2. The van der Waals surface area contributed by atoms with Gasteiger partial charge in [-0.15, -0.1) is 0 Å². The lowest BCUT2D eigenvalue weighted by Gasteiger charge is -2.35. The van der Waals surface area contributed by atoms with E-state index >= 15 is 0 Å². The first-order chi connectivity index (χ1) is 18.7. The molecule has 2 aromatic carbocycles. The molecule has 0 unspecified atom stereocenters. The fourth-order valence-electron chi connectivity index (χ4n) is 4.72. The molecule has 0 fully saturated rings. The van der Waals surface area contributed by atoms with Crippen LogP contribution in [0.4, 0.5) is 24.5 Å². The number of carbonyl (C=O) groups excluding carboxylic acids is 2. The summed E-state index contributed by atoms with van der Waals surface area (Å²) in [6, 6.07) is 14.7. The van der Waals surface area contributed by atoms with Crippen LogP contribution in [0.5, 0.6) is 0 Å². The Morgan fingerprint density at radius 1 is 0.949 bits per heavy atom. The largest absolute Gasteiger partial charge is 0.465 e. The molecule has 1 aliphatic rings. The third-order valence-corrected chi connectivity index (χ3v) is 6.45. The Morgan fingerprint density at radius 3 is 2.23 bits per heavy atom. The maximum absolute atomic E-state index is 13.4. The predicted octanol–water partition coefficient (Wildman–Crippen LogP) is 5.86. The highest BCUT2D eigenvalue weighted by Crippen LogP contribution is 2.53. The van der Waals surface area contributed by atoms with Crippen LogP contribution in [0.2, 0.25) is 0 Å². The summed E-state index contributed by atoms with van der Waals surface area (Å²) in [7, 11) is 2.22. The highest BCUT2D eigenvalue weighted by Gasteiger charge is 2.44. The lowest BCUT2D eigenvalue weighted by molar-refractivity contribution is -0.137.